The van der Waals surface area contributed by atoms with Crippen molar-refractivity contribution in [3.8, 4) is 0 Å². The maximum atomic E-state index is 11.1. The van der Waals surface area contributed by atoms with E-state index in [1.165, 1.54) is 0 Å². The molecule has 1 fully saturated rings. The Bertz CT molecular complexity index is 453. The van der Waals surface area contributed by atoms with Gasteiger partial charge in [0.1, 0.15) is 0 Å². The van der Waals surface area contributed by atoms with Crippen LogP contribution in [0.1, 0.15) is 12.8 Å². The largest absolute Gasteiger partial charge is 0.369 e. The molecule has 0 aromatic heterocycles. The highest BCUT2D eigenvalue weighted by atomic mass is 32.3. The third kappa shape index (κ3) is 1.73. The van der Waals surface area contributed by atoms with E-state index in [9.17, 15) is 21.6 Å². The molecule has 8 nitrogen and oxygen atoms in total. The Labute approximate surface area is 86.9 Å². The van der Waals surface area contributed by atoms with Crippen molar-refractivity contribution < 1.29 is 21.6 Å². The van der Waals surface area contributed by atoms with E-state index in [1.807, 2.05) is 0 Å². The predicted octanol–water partition coefficient (Wildman–Crippen LogP) is -2.84. The van der Waals surface area contributed by atoms with E-state index < -0.39 is 48.8 Å². The van der Waals surface area contributed by atoms with Crippen LogP contribution in [0.15, 0.2) is 0 Å². The highest BCUT2D eigenvalue weighted by molar-refractivity contribution is 8.08. The van der Waals surface area contributed by atoms with Gasteiger partial charge in [0, 0.05) is 5.92 Å². The molecular formula is C5H11N3O5S2. The molecule has 88 valence electrons. The second-order valence-corrected chi connectivity index (χ2v) is 7.51. The number of rotatable bonds is 3. The van der Waals surface area contributed by atoms with E-state index in [0.717, 1.165) is 0 Å². The van der Waals surface area contributed by atoms with E-state index >= 15 is 0 Å². The Morgan fingerprint density at radius 2 is 1.40 bits per heavy atom. The first kappa shape index (κ1) is 12.4. The van der Waals surface area contributed by atoms with Crippen LogP contribution in [-0.4, -0.2) is 26.8 Å². The molecule has 6 N–H and O–H groups in total. The summed E-state index contributed by atoms with van der Waals surface area (Å²) in [6.45, 7) is 0. The normalized spacial score (nSPS) is 22.0. The van der Waals surface area contributed by atoms with Gasteiger partial charge in [-0.25, -0.2) is 27.1 Å². The Hall–Kier alpha value is -0.710. The van der Waals surface area contributed by atoms with E-state index in [-0.39, 0.29) is 0 Å². The fourth-order valence-corrected chi connectivity index (χ4v) is 4.55. The van der Waals surface area contributed by atoms with Crippen LogP contribution in [0.4, 0.5) is 0 Å². The van der Waals surface area contributed by atoms with Crippen molar-refractivity contribution in [1.82, 2.24) is 0 Å². The Kier molecular flexibility index (Phi) is 2.59. The van der Waals surface area contributed by atoms with E-state index in [1.54, 1.807) is 0 Å². The number of sulfonamides is 2. The third-order valence-electron chi connectivity index (χ3n) is 2.55. The number of hydrogen-bond acceptors (Lipinski definition) is 5. The molecule has 0 unspecified atom stereocenters. The average Bonchev–Trinajstić information content (AvgIpc) is 1.73. The maximum absolute atomic E-state index is 11.1. The second kappa shape index (κ2) is 3.14. The predicted molar refractivity (Wildman–Crippen MR) is 50.9 cm³/mol. The summed E-state index contributed by atoms with van der Waals surface area (Å²) < 4.78 is 42.2. The van der Waals surface area contributed by atoms with Crippen molar-refractivity contribution in [3.05, 3.63) is 0 Å². The quantitative estimate of drug-likeness (QED) is 0.494. The summed E-state index contributed by atoms with van der Waals surface area (Å²) in [5.74, 6) is -1.58. The number of hydrogen-bond donors (Lipinski definition) is 3. The zero-order valence-corrected chi connectivity index (χ0v) is 9.21. The lowest BCUT2D eigenvalue weighted by Gasteiger charge is -2.41. The van der Waals surface area contributed by atoms with E-state index in [2.05, 4.69) is 0 Å². The van der Waals surface area contributed by atoms with Crippen molar-refractivity contribution in [2.24, 2.45) is 21.9 Å². The van der Waals surface area contributed by atoms with Crippen LogP contribution in [0.25, 0.3) is 0 Å². The molecule has 0 saturated heterocycles. The minimum absolute atomic E-state index is 0.472. The van der Waals surface area contributed by atoms with Crippen LogP contribution in [-0.2, 0) is 24.8 Å². The molecule has 0 spiro atoms. The van der Waals surface area contributed by atoms with Gasteiger partial charge in [-0.2, -0.15) is 0 Å². The molecule has 1 rings (SSSR count). The van der Waals surface area contributed by atoms with Crippen molar-refractivity contribution in [2.75, 3.05) is 0 Å². The molecular weight excluding hydrogens is 246 g/mol. The van der Waals surface area contributed by atoms with E-state index in [4.69, 9.17) is 16.0 Å². The number of nitrogens with two attached hydrogens (primary N) is 3. The molecule has 15 heavy (non-hydrogen) atoms. The van der Waals surface area contributed by atoms with Gasteiger partial charge in [0.25, 0.3) is 0 Å². The molecule has 0 aromatic rings. The minimum atomic E-state index is -4.37. The van der Waals surface area contributed by atoms with Crippen molar-refractivity contribution in [2.45, 2.75) is 16.9 Å². The van der Waals surface area contributed by atoms with Gasteiger partial charge in [0.15, 0.2) is 0 Å². The molecule has 1 saturated carbocycles. The summed E-state index contributed by atoms with van der Waals surface area (Å²) in [4.78, 5) is 10.7. The SMILES string of the molecule is NC(=O)C1CC(S(N)(=O)=O)(S(N)(=O)=O)C1. The number of carbonyl (C=O) groups excluding carboxylic acids is 1. The van der Waals surface area contributed by atoms with Gasteiger partial charge in [-0.15, -0.1) is 0 Å². The summed E-state index contributed by atoms with van der Waals surface area (Å²) in [7, 11) is -8.75. The van der Waals surface area contributed by atoms with Gasteiger partial charge in [-0.1, -0.05) is 0 Å². The van der Waals surface area contributed by atoms with Crippen molar-refractivity contribution in [3.63, 3.8) is 0 Å². The molecule has 0 aromatic carbocycles. The molecule has 1 amide bonds. The minimum Gasteiger partial charge on any atom is -0.369 e. The first-order valence-electron chi connectivity index (χ1n) is 3.85. The second-order valence-electron chi connectivity index (χ2n) is 3.51. The zero-order chi connectivity index (χ0) is 12.1. The van der Waals surface area contributed by atoms with Gasteiger partial charge in [0.05, 0.1) is 0 Å². The first-order valence-corrected chi connectivity index (χ1v) is 6.94. The average molecular weight is 257 g/mol. The Morgan fingerprint density at radius 1 is 1.07 bits per heavy atom. The monoisotopic (exact) mass is 257 g/mol. The summed E-state index contributed by atoms with van der Waals surface area (Å²) in [5.41, 5.74) is 4.90. The fourth-order valence-electron chi connectivity index (χ4n) is 1.52. The summed E-state index contributed by atoms with van der Waals surface area (Å²) in [6.07, 6.45) is -0.944. The maximum Gasteiger partial charge on any atom is 0.230 e. The van der Waals surface area contributed by atoms with Crippen LogP contribution >= 0.6 is 0 Å². The summed E-state index contributed by atoms with van der Waals surface area (Å²) >= 11 is 0. The van der Waals surface area contributed by atoms with Crippen LogP contribution in [0.5, 0.6) is 0 Å². The summed E-state index contributed by atoms with van der Waals surface area (Å²) in [5, 5.41) is 9.57. The molecule has 1 aliphatic rings. The molecule has 0 aliphatic heterocycles. The van der Waals surface area contributed by atoms with Crippen molar-refractivity contribution >= 4 is 26.0 Å². The standard InChI is InChI=1S/C5H11N3O5S2/c6-4(9)3-1-5(2-3,14(7,10)11)15(8,12)13/h3H,1-2H2,(H2,6,9)(H2,7,10,11)(H2,8,12,13). The number of amides is 1. The summed E-state index contributed by atoms with van der Waals surface area (Å²) in [6, 6.07) is 0. The van der Waals surface area contributed by atoms with Crippen LogP contribution in [0.2, 0.25) is 0 Å². The number of primary sulfonamides is 2. The van der Waals surface area contributed by atoms with Gasteiger partial charge >= 0.3 is 0 Å². The first-order chi connectivity index (χ1) is 6.51. The smallest absolute Gasteiger partial charge is 0.230 e. The van der Waals surface area contributed by atoms with Crippen LogP contribution in [0.3, 0.4) is 0 Å². The molecule has 0 bridgehead atoms. The lowest BCUT2D eigenvalue weighted by molar-refractivity contribution is -0.124. The molecule has 0 atom stereocenters. The zero-order valence-electron chi connectivity index (χ0n) is 7.58. The lowest BCUT2D eigenvalue weighted by Crippen LogP contribution is -2.62. The number of primary amides is 1. The molecule has 0 heterocycles. The van der Waals surface area contributed by atoms with Crippen molar-refractivity contribution in [1.29, 1.82) is 0 Å². The molecule has 10 heteroatoms. The fraction of sp³-hybridized carbons (Fsp3) is 0.800. The van der Waals surface area contributed by atoms with Gasteiger partial charge in [-0.05, 0) is 12.8 Å². The topological polar surface area (TPSA) is 163 Å². The van der Waals surface area contributed by atoms with Gasteiger partial charge in [0.2, 0.25) is 30.0 Å². The van der Waals surface area contributed by atoms with E-state index in [0.29, 0.717) is 0 Å². The van der Waals surface area contributed by atoms with Crippen LogP contribution < -0.4 is 16.0 Å². The number of carbonyl (C=O) groups is 1. The highest BCUT2D eigenvalue weighted by Crippen LogP contribution is 2.45. The van der Waals surface area contributed by atoms with Gasteiger partial charge < -0.3 is 5.73 Å². The van der Waals surface area contributed by atoms with Gasteiger partial charge in [-0.3, -0.25) is 4.79 Å². The molecule has 1 aliphatic carbocycles. The highest BCUT2D eigenvalue weighted by Gasteiger charge is 2.62. The Balaban J connectivity index is 3.15. The molecule has 0 radical (unpaired) electrons. The third-order valence-corrected chi connectivity index (χ3v) is 6.69. The lowest BCUT2D eigenvalue weighted by atomic mass is 9.83. The Morgan fingerprint density at radius 3 is 1.60 bits per heavy atom. The van der Waals surface area contributed by atoms with Crippen LogP contribution in [0, 0.1) is 5.92 Å².